The first-order chi connectivity index (χ1) is 18.6. The Kier molecular flexibility index (Phi) is 8.57. The molecule has 6 atom stereocenters. The molecule has 1 spiro atoms. The third kappa shape index (κ3) is 4.80. The number of nitrogens with zero attached hydrogens (tertiary/aromatic N) is 2. The number of carbonyl (C=O) groups excluding carboxylic acids is 3. The smallest absolute Gasteiger partial charge is 0.312 e. The lowest BCUT2D eigenvalue weighted by atomic mass is 9.62. The van der Waals surface area contributed by atoms with Gasteiger partial charge in [-0.1, -0.05) is 38.0 Å². The van der Waals surface area contributed by atoms with Crippen molar-refractivity contribution in [3.05, 3.63) is 42.0 Å². The number of aryl methyl sites for hydroxylation is 2. The highest BCUT2D eigenvalue weighted by molar-refractivity contribution is 6.05. The molecule has 1 aromatic carbocycles. The van der Waals surface area contributed by atoms with Crippen LogP contribution in [0.4, 0.5) is 5.69 Å². The molecular weight excluding hydrogens is 496 g/mol. The SMILES string of the molecule is C=CCN(C(=O)C1N(CCCCCCO)C(=O)[C@@H]2[C@H](C(=O)OCC)[C@@]3(C)OC12CC3C)c1cc(C)ccc1C. The molecule has 3 heterocycles. The Bertz CT molecular complexity index is 1120. The molecule has 3 aliphatic rings. The number of anilines is 1. The minimum absolute atomic E-state index is 0.0377. The second-order valence-corrected chi connectivity index (χ2v) is 11.7. The molecule has 8 nitrogen and oxygen atoms in total. The van der Waals surface area contributed by atoms with Crippen LogP contribution in [0, 0.1) is 31.6 Å². The Morgan fingerprint density at radius 3 is 2.64 bits per heavy atom. The zero-order valence-electron chi connectivity index (χ0n) is 24.1. The normalized spacial score (nSPS) is 30.9. The second kappa shape index (κ2) is 11.4. The van der Waals surface area contributed by atoms with Crippen LogP contribution in [0.5, 0.6) is 0 Å². The summed E-state index contributed by atoms with van der Waals surface area (Å²) in [7, 11) is 0. The minimum atomic E-state index is -1.11. The van der Waals surface area contributed by atoms with Crippen molar-refractivity contribution in [1.29, 1.82) is 0 Å². The Balaban J connectivity index is 1.79. The van der Waals surface area contributed by atoms with Gasteiger partial charge in [0.05, 0.1) is 18.1 Å². The van der Waals surface area contributed by atoms with Gasteiger partial charge in [0.25, 0.3) is 5.91 Å². The average Bonchev–Trinajstić information content (AvgIpc) is 3.40. The summed E-state index contributed by atoms with van der Waals surface area (Å²) in [5.41, 5.74) is 0.760. The van der Waals surface area contributed by atoms with Crippen LogP contribution in [-0.4, -0.2) is 71.3 Å². The van der Waals surface area contributed by atoms with Crippen molar-refractivity contribution in [2.24, 2.45) is 17.8 Å². The number of amides is 2. The van der Waals surface area contributed by atoms with E-state index in [1.807, 2.05) is 45.9 Å². The summed E-state index contributed by atoms with van der Waals surface area (Å²) in [6.07, 6.45) is 5.28. The van der Waals surface area contributed by atoms with Gasteiger partial charge in [0, 0.05) is 25.4 Å². The maximum atomic E-state index is 14.7. The number of aliphatic hydroxyl groups is 1. The number of hydrogen-bond donors (Lipinski definition) is 1. The van der Waals surface area contributed by atoms with Gasteiger partial charge < -0.3 is 24.4 Å². The lowest BCUT2D eigenvalue weighted by Gasteiger charge is -2.37. The van der Waals surface area contributed by atoms with E-state index in [1.165, 1.54) is 0 Å². The van der Waals surface area contributed by atoms with E-state index in [0.717, 1.165) is 29.7 Å². The number of esters is 1. The summed E-state index contributed by atoms with van der Waals surface area (Å²) in [6, 6.07) is 5.12. The quantitative estimate of drug-likeness (QED) is 0.245. The first-order valence-corrected chi connectivity index (χ1v) is 14.3. The number of ether oxygens (including phenoxy) is 2. The lowest BCUT2D eigenvalue weighted by molar-refractivity contribution is -0.161. The highest BCUT2D eigenvalue weighted by atomic mass is 16.6. The third-order valence-electron chi connectivity index (χ3n) is 9.13. The van der Waals surface area contributed by atoms with Gasteiger partial charge in [-0.25, -0.2) is 0 Å². The summed E-state index contributed by atoms with van der Waals surface area (Å²) in [5.74, 6) is -2.42. The predicted molar refractivity (Wildman–Crippen MR) is 149 cm³/mol. The molecule has 3 saturated heterocycles. The highest BCUT2D eigenvalue weighted by Crippen LogP contribution is 2.65. The molecule has 3 aliphatic heterocycles. The van der Waals surface area contributed by atoms with Crippen LogP contribution in [0.3, 0.4) is 0 Å². The number of carbonyl (C=O) groups is 3. The molecule has 0 radical (unpaired) electrons. The van der Waals surface area contributed by atoms with Gasteiger partial charge in [0.15, 0.2) is 0 Å². The van der Waals surface area contributed by atoms with Crippen LogP contribution in [0.15, 0.2) is 30.9 Å². The van der Waals surface area contributed by atoms with Crippen molar-refractivity contribution in [2.45, 2.75) is 84.0 Å². The van der Waals surface area contributed by atoms with Crippen LogP contribution >= 0.6 is 0 Å². The van der Waals surface area contributed by atoms with Crippen molar-refractivity contribution >= 4 is 23.5 Å². The van der Waals surface area contributed by atoms with Crippen molar-refractivity contribution in [2.75, 3.05) is 31.2 Å². The second-order valence-electron chi connectivity index (χ2n) is 11.7. The maximum Gasteiger partial charge on any atom is 0.312 e. The fraction of sp³-hybridized carbons (Fsp3) is 0.645. The summed E-state index contributed by atoms with van der Waals surface area (Å²) < 4.78 is 12.3. The Morgan fingerprint density at radius 1 is 1.26 bits per heavy atom. The van der Waals surface area contributed by atoms with Gasteiger partial charge in [-0.15, -0.1) is 6.58 Å². The molecule has 3 unspecified atom stereocenters. The molecule has 39 heavy (non-hydrogen) atoms. The molecule has 3 fully saturated rings. The van der Waals surface area contributed by atoms with E-state index in [9.17, 15) is 14.4 Å². The number of unbranched alkanes of at least 4 members (excludes halogenated alkanes) is 3. The van der Waals surface area contributed by atoms with Crippen molar-refractivity contribution < 1.29 is 29.0 Å². The molecule has 1 N–H and O–H groups in total. The topological polar surface area (TPSA) is 96.4 Å². The van der Waals surface area contributed by atoms with Crippen LogP contribution < -0.4 is 4.90 Å². The van der Waals surface area contributed by atoms with Gasteiger partial charge in [0.2, 0.25) is 5.91 Å². The van der Waals surface area contributed by atoms with E-state index in [0.29, 0.717) is 25.8 Å². The molecular formula is C31H44N2O6. The summed E-state index contributed by atoms with van der Waals surface area (Å²) >= 11 is 0. The third-order valence-corrected chi connectivity index (χ3v) is 9.13. The fourth-order valence-electron chi connectivity index (χ4n) is 7.19. The zero-order chi connectivity index (χ0) is 28.5. The number of aliphatic hydroxyl groups excluding tert-OH is 1. The predicted octanol–water partition coefficient (Wildman–Crippen LogP) is 3.95. The molecule has 0 aliphatic carbocycles. The van der Waals surface area contributed by atoms with Gasteiger partial charge in [0.1, 0.15) is 17.6 Å². The monoisotopic (exact) mass is 540 g/mol. The van der Waals surface area contributed by atoms with Crippen molar-refractivity contribution in [3.8, 4) is 0 Å². The van der Waals surface area contributed by atoms with Crippen LogP contribution in [0.1, 0.15) is 64.0 Å². The number of hydrogen-bond acceptors (Lipinski definition) is 6. The van der Waals surface area contributed by atoms with Gasteiger partial charge in [-0.2, -0.15) is 0 Å². The summed E-state index contributed by atoms with van der Waals surface area (Å²) in [4.78, 5) is 45.6. The number of rotatable bonds is 12. The molecule has 0 saturated carbocycles. The Hall–Kier alpha value is -2.71. The molecule has 2 amide bonds. The minimum Gasteiger partial charge on any atom is -0.466 e. The number of likely N-dealkylation sites (tertiary alicyclic amines) is 1. The standard InChI is InChI=1S/C31H44N2O6/c1-7-15-32(23-18-20(3)13-14-21(23)4)28(36)26-31-19-22(5)30(6,39-31)25(29(37)38-8-2)24(31)27(35)33(26)16-11-9-10-12-17-34/h7,13-14,18,22,24-26,34H,1,8-12,15-17,19H2,2-6H3/t22?,24-,25+,26?,30-,31?/m0/s1. The summed E-state index contributed by atoms with van der Waals surface area (Å²) in [6.45, 7) is 14.6. The highest BCUT2D eigenvalue weighted by Gasteiger charge is 2.80. The van der Waals surface area contributed by atoms with Gasteiger partial charge >= 0.3 is 5.97 Å². The van der Waals surface area contributed by atoms with Gasteiger partial charge in [-0.05, 0) is 70.1 Å². The average molecular weight is 541 g/mol. The van der Waals surface area contributed by atoms with E-state index < -0.39 is 35.0 Å². The maximum absolute atomic E-state index is 14.7. The number of benzene rings is 1. The Morgan fingerprint density at radius 2 is 1.97 bits per heavy atom. The summed E-state index contributed by atoms with van der Waals surface area (Å²) in [5, 5.41) is 9.17. The van der Waals surface area contributed by atoms with E-state index in [1.54, 1.807) is 22.8 Å². The van der Waals surface area contributed by atoms with Gasteiger partial charge in [-0.3, -0.25) is 14.4 Å². The first-order valence-electron chi connectivity index (χ1n) is 14.3. The van der Waals surface area contributed by atoms with E-state index in [4.69, 9.17) is 14.6 Å². The number of fused-ring (bicyclic) bond motifs is 1. The van der Waals surface area contributed by atoms with Crippen molar-refractivity contribution in [3.63, 3.8) is 0 Å². The largest absolute Gasteiger partial charge is 0.466 e. The molecule has 214 valence electrons. The molecule has 2 bridgehead atoms. The first kappa shape index (κ1) is 29.3. The van der Waals surface area contributed by atoms with Crippen molar-refractivity contribution in [1.82, 2.24) is 4.90 Å². The molecule has 0 aromatic heterocycles. The zero-order valence-corrected chi connectivity index (χ0v) is 24.1. The van der Waals surface area contributed by atoms with E-state index >= 15 is 0 Å². The van der Waals surface area contributed by atoms with Crippen LogP contribution in [0.2, 0.25) is 0 Å². The lowest BCUT2D eigenvalue weighted by Crippen LogP contribution is -2.57. The van der Waals surface area contributed by atoms with Crippen LogP contribution in [-0.2, 0) is 23.9 Å². The fourth-order valence-corrected chi connectivity index (χ4v) is 7.19. The molecule has 1 aromatic rings. The van der Waals surface area contributed by atoms with Crippen LogP contribution in [0.25, 0.3) is 0 Å². The van der Waals surface area contributed by atoms with E-state index in [-0.39, 0.29) is 37.5 Å². The van der Waals surface area contributed by atoms with E-state index in [2.05, 4.69) is 6.58 Å². The Labute approximate surface area is 232 Å². The molecule has 8 heteroatoms. The molecule has 4 rings (SSSR count).